The molecule has 2 aliphatic carbocycles. The Labute approximate surface area is 285 Å². The van der Waals surface area contributed by atoms with Gasteiger partial charge in [-0.15, -0.1) is 0 Å². The molecule has 0 spiro atoms. The second-order valence-electron chi connectivity index (χ2n) is 14.4. The molecule has 0 bridgehead atoms. The maximum atomic E-state index is 13.3. The molecule has 3 aliphatic rings. The van der Waals surface area contributed by atoms with E-state index in [2.05, 4.69) is 20.6 Å². The summed E-state index contributed by atoms with van der Waals surface area (Å²) < 4.78 is 5.78. The molecule has 1 fully saturated rings. The average molecular weight is 669 g/mol. The second-order valence-corrected chi connectivity index (χ2v) is 14.4. The van der Waals surface area contributed by atoms with Crippen LogP contribution >= 0.6 is 0 Å². The fraction of sp³-hybridized carbons (Fsp3) is 0.459. The summed E-state index contributed by atoms with van der Waals surface area (Å²) in [5.74, 6) is -0.557. The zero-order valence-electron chi connectivity index (χ0n) is 28.9. The third-order valence-electron chi connectivity index (χ3n) is 9.77. The molecule has 2 heterocycles. The topological polar surface area (TPSA) is 154 Å². The number of amides is 2. The van der Waals surface area contributed by atoms with Crippen LogP contribution in [0.1, 0.15) is 78.2 Å². The third kappa shape index (κ3) is 6.93. The van der Waals surface area contributed by atoms with E-state index in [0.717, 1.165) is 41.5 Å². The van der Waals surface area contributed by atoms with Gasteiger partial charge in [0, 0.05) is 57.3 Å². The van der Waals surface area contributed by atoms with E-state index >= 15 is 0 Å². The summed E-state index contributed by atoms with van der Waals surface area (Å²) >= 11 is 0. The van der Waals surface area contributed by atoms with E-state index < -0.39 is 28.7 Å². The van der Waals surface area contributed by atoms with Crippen molar-refractivity contribution in [3.63, 3.8) is 0 Å². The molecule has 0 radical (unpaired) electrons. The van der Waals surface area contributed by atoms with E-state index in [-0.39, 0.29) is 41.7 Å². The van der Waals surface area contributed by atoms with Crippen molar-refractivity contribution in [1.29, 1.82) is 0 Å². The number of fused-ring (bicyclic) bond motifs is 2. The predicted molar refractivity (Wildman–Crippen MR) is 186 cm³/mol. The first-order chi connectivity index (χ1) is 23.2. The Hall–Kier alpha value is -4.68. The molecule has 4 atom stereocenters. The smallest absolute Gasteiger partial charge is 0.270 e. The summed E-state index contributed by atoms with van der Waals surface area (Å²) in [6.45, 7) is 9.10. The van der Waals surface area contributed by atoms with Crippen molar-refractivity contribution in [3.05, 3.63) is 102 Å². The fourth-order valence-corrected chi connectivity index (χ4v) is 7.31. The minimum atomic E-state index is -1.01. The number of benzene rings is 1. The zero-order valence-corrected chi connectivity index (χ0v) is 28.9. The standard InChI is InChI=1S/C37H44N6O6/c1-20-24-11-12-27(26(24)10-9-25(20)36(48)49-37(2,3)4)41-35(47)29-16-28(39-19-40-29)34(46)38-17-21-7-8-22-13-14-43(18-23(22)15-21)31-30(42(5)6)32(44)33(31)45/h7-10,15-16,19,24,26-27,36,48H,11-14,17-18H2,1-6H3,(H,38,46)(H,41,47). The fourth-order valence-electron chi connectivity index (χ4n) is 7.31. The highest BCUT2D eigenvalue weighted by molar-refractivity contribution is 5.97. The lowest BCUT2D eigenvalue weighted by Crippen LogP contribution is -2.46. The molecule has 49 heavy (non-hydrogen) atoms. The first kappa shape index (κ1) is 34.2. The van der Waals surface area contributed by atoms with Crippen molar-refractivity contribution >= 4 is 23.2 Å². The van der Waals surface area contributed by atoms with E-state index in [0.29, 0.717) is 24.5 Å². The monoisotopic (exact) mass is 668 g/mol. The summed E-state index contributed by atoms with van der Waals surface area (Å²) in [5, 5.41) is 16.7. The largest absolute Gasteiger partial charge is 0.373 e. The van der Waals surface area contributed by atoms with E-state index in [1.165, 1.54) is 18.0 Å². The molecule has 12 nitrogen and oxygen atoms in total. The SMILES string of the molecule is CC1=C(C(O)OC(C)(C)C)C=CC2C(NC(=O)c3cc(C(=O)NCc4ccc5c(c4)CN(c4c(N(C)C)c(=O)c4=O)CC5)ncn3)CCC12. The number of aromatic nitrogens is 2. The van der Waals surface area contributed by atoms with Crippen LogP contribution in [0.15, 0.2) is 63.5 Å². The summed E-state index contributed by atoms with van der Waals surface area (Å²) in [6, 6.07) is 7.28. The van der Waals surface area contributed by atoms with Gasteiger partial charge in [0.2, 0.25) is 0 Å². The van der Waals surface area contributed by atoms with Crippen LogP contribution in [-0.4, -0.2) is 65.5 Å². The Bertz CT molecular complexity index is 1920. The van der Waals surface area contributed by atoms with Crippen LogP contribution in [0.4, 0.5) is 11.4 Å². The predicted octanol–water partition coefficient (Wildman–Crippen LogP) is 2.78. The third-order valence-corrected chi connectivity index (χ3v) is 9.77. The Kier molecular flexibility index (Phi) is 9.29. The lowest BCUT2D eigenvalue weighted by Gasteiger charge is -2.34. The van der Waals surface area contributed by atoms with Crippen molar-refractivity contribution in [2.75, 3.05) is 30.4 Å². The van der Waals surface area contributed by atoms with Crippen molar-refractivity contribution in [3.8, 4) is 0 Å². The molecule has 2 aromatic carbocycles. The van der Waals surface area contributed by atoms with Crippen LogP contribution in [0.2, 0.25) is 0 Å². The molecule has 3 N–H and O–H groups in total. The molecule has 12 heteroatoms. The van der Waals surface area contributed by atoms with Gasteiger partial charge in [-0.25, -0.2) is 9.97 Å². The lowest BCUT2D eigenvalue weighted by atomic mass is 9.80. The molecular weight excluding hydrogens is 624 g/mol. The average Bonchev–Trinajstić information content (AvgIpc) is 3.47. The molecule has 1 saturated carbocycles. The van der Waals surface area contributed by atoms with Gasteiger partial charge >= 0.3 is 0 Å². The van der Waals surface area contributed by atoms with Crippen LogP contribution < -0.4 is 31.3 Å². The quantitative estimate of drug-likeness (QED) is 0.229. The summed E-state index contributed by atoms with van der Waals surface area (Å²) in [4.78, 5) is 62.8. The van der Waals surface area contributed by atoms with E-state index in [1.54, 1.807) is 19.0 Å². The highest BCUT2D eigenvalue weighted by atomic mass is 16.6. The van der Waals surface area contributed by atoms with Gasteiger partial charge in [-0.05, 0) is 69.6 Å². The molecule has 6 rings (SSSR count). The lowest BCUT2D eigenvalue weighted by molar-refractivity contribution is -0.143. The number of ether oxygens (including phenoxy) is 1. The normalized spacial score (nSPS) is 21.0. The first-order valence-corrected chi connectivity index (χ1v) is 16.7. The summed E-state index contributed by atoms with van der Waals surface area (Å²) in [5.41, 5.74) is 4.62. The molecule has 4 unspecified atom stereocenters. The summed E-state index contributed by atoms with van der Waals surface area (Å²) in [7, 11) is 3.52. The Morgan fingerprint density at radius 2 is 1.80 bits per heavy atom. The van der Waals surface area contributed by atoms with Crippen LogP contribution in [-0.2, 0) is 24.2 Å². The van der Waals surface area contributed by atoms with Gasteiger partial charge in [-0.3, -0.25) is 19.2 Å². The number of rotatable bonds is 9. The number of carbonyl (C=O) groups is 2. The van der Waals surface area contributed by atoms with Crippen LogP contribution in [0.25, 0.3) is 0 Å². The summed E-state index contributed by atoms with van der Waals surface area (Å²) in [6.07, 6.45) is 6.52. The molecule has 1 aromatic heterocycles. The minimum absolute atomic E-state index is 0.0753. The molecule has 1 aliphatic heterocycles. The highest BCUT2D eigenvalue weighted by Gasteiger charge is 2.40. The number of allylic oxidation sites excluding steroid dienone is 1. The molecular formula is C37H44N6O6. The van der Waals surface area contributed by atoms with Gasteiger partial charge in [0.25, 0.3) is 22.7 Å². The van der Waals surface area contributed by atoms with Crippen molar-refractivity contribution in [1.82, 2.24) is 20.6 Å². The molecule has 2 amide bonds. The second kappa shape index (κ2) is 13.3. The molecule has 258 valence electrons. The van der Waals surface area contributed by atoms with Crippen LogP contribution in [0.3, 0.4) is 0 Å². The van der Waals surface area contributed by atoms with E-state index in [9.17, 15) is 24.3 Å². The van der Waals surface area contributed by atoms with Crippen LogP contribution in [0, 0.1) is 11.8 Å². The van der Waals surface area contributed by atoms with Gasteiger partial charge in [-0.1, -0.05) is 35.9 Å². The highest BCUT2D eigenvalue weighted by Crippen LogP contribution is 2.43. The number of carbonyl (C=O) groups excluding carboxylic acids is 2. The van der Waals surface area contributed by atoms with Crippen molar-refractivity contribution < 1.29 is 19.4 Å². The molecule has 0 saturated heterocycles. The Morgan fingerprint density at radius 1 is 1.06 bits per heavy atom. The van der Waals surface area contributed by atoms with Crippen LogP contribution in [0.5, 0.6) is 0 Å². The van der Waals surface area contributed by atoms with Gasteiger partial charge in [0.1, 0.15) is 29.1 Å². The van der Waals surface area contributed by atoms with Crippen molar-refractivity contribution in [2.45, 2.75) is 78.0 Å². The zero-order chi connectivity index (χ0) is 35.2. The number of aliphatic hydroxyl groups is 1. The number of nitrogens with zero attached hydrogens (tertiary/aromatic N) is 4. The number of hydrogen-bond donors (Lipinski definition) is 3. The van der Waals surface area contributed by atoms with Gasteiger partial charge < -0.3 is 30.3 Å². The Morgan fingerprint density at radius 3 is 2.51 bits per heavy atom. The number of nitrogens with one attached hydrogen (secondary N) is 2. The Balaban J connectivity index is 1.06. The maximum absolute atomic E-state index is 13.3. The number of anilines is 2. The number of aliphatic hydroxyl groups excluding tert-OH is 1. The first-order valence-electron chi connectivity index (χ1n) is 16.7. The number of hydrogen-bond acceptors (Lipinski definition) is 10. The van der Waals surface area contributed by atoms with Gasteiger partial charge in [0.05, 0.1) is 5.60 Å². The van der Waals surface area contributed by atoms with Gasteiger partial charge in [-0.2, -0.15) is 0 Å². The molecule has 3 aromatic rings. The minimum Gasteiger partial charge on any atom is -0.373 e. The maximum Gasteiger partial charge on any atom is 0.270 e. The van der Waals surface area contributed by atoms with Gasteiger partial charge in [0.15, 0.2) is 6.29 Å². The van der Waals surface area contributed by atoms with E-state index in [4.69, 9.17) is 4.74 Å². The van der Waals surface area contributed by atoms with E-state index in [1.807, 2.05) is 62.9 Å². The van der Waals surface area contributed by atoms with Crippen molar-refractivity contribution in [2.24, 2.45) is 11.8 Å².